The van der Waals surface area contributed by atoms with Gasteiger partial charge in [-0.05, 0) is 17.7 Å². The van der Waals surface area contributed by atoms with Crippen molar-refractivity contribution in [3.8, 4) is 5.75 Å². The standard InChI is InChI=1S/C14H15N5O3S/c1-2-11(21)16-14-19-18-13(23-14)7-12(22)17-15-8-9-4-3-5-10(20)6-9/h3-6,8,20H,2,7H2,1H3,(H,17,22)(H,16,19,21)/b15-8-. The molecule has 1 aromatic heterocycles. The number of rotatable bonds is 6. The number of hydrogen-bond donors (Lipinski definition) is 3. The lowest BCUT2D eigenvalue weighted by atomic mass is 10.2. The molecule has 0 saturated carbocycles. The molecular formula is C14H15N5O3S. The second-order valence-corrected chi connectivity index (χ2v) is 5.53. The fourth-order valence-electron chi connectivity index (χ4n) is 1.54. The van der Waals surface area contributed by atoms with Crippen LogP contribution in [0.4, 0.5) is 5.13 Å². The van der Waals surface area contributed by atoms with Gasteiger partial charge >= 0.3 is 0 Å². The van der Waals surface area contributed by atoms with Gasteiger partial charge in [-0.25, -0.2) is 5.43 Å². The molecule has 23 heavy (non-hydrogen) atoms. The van der Waals surface area contributed by atoms with Crippen molar-refractivity contribution < 1.29 is 14.7 Å². The highest BCUT2D eigenvalue weighted by atomic mass is 32.1. The number of carbonyl (C=O) groups is 2. The number of nitrogens with zero attached hydrogens (tertiary/aromatic N) is 3. The van der Waals surface area contributed by atoms with Crippen molar-refractivity contribution in [1.29, 1.82) is 0 Å². The first-order valence-electron chi connectivity index (χ1n) is 6.80. The minimum Gasteiger partial charge on any atom is -0.508 e. The van der Waals surface area contributed by atoms with Crippen LogP contribution in [0.15, 0.2) is 29.4 Å². The highest BCUT2D eigenvalue weighted by Crippen LogP contribution is 2.15. The molecular weight excluding hydrogens is 318 g/mol. The number of amides is 2. The highest BCUT2D eigenvalue weighted by Gasteiger charge is 2.10. The summed E-state index contributed by atoms with van der Waals surface area (Å²) in [5, 5.41) is 24.1. The monoisotopic (exact) mass is 333 g/mol. The summed E-state index contributed by atoms with van der Waals surface area (Å²) in [6, 6.07) is 6.47. The number of hydrazone groups is 1. The first-order valence-corrected chi connectivity index (χ1v) is 7.61. The topological polar surface area (TPSA) is 117 Å². The molecule has 0 aliphatic carbocycles. The largest absolute Gasteiger partial charge is 0.508 e. The third kappa shape index (κ3) is 5.47. The third-order valence-electron chi connectivity index (χ3n) is 2.62. The zero-order valence-corrected chi connectivity index (χ0v) is 13.1. The van der Waals surface area contributed by atoms with Crippen LogP contribution in [0.25, 0.3) is 0 Å². The fourth-order valence-corrected chi connectivity index (χ4v) is 2.30. The van der Waals surface area contributed by atoms with Crippen molar-refractivity contribution >= 4 is 34.5 Å². The van der Waals surface area contributed by atoms with Gasteiger partial charge in [-0.1, -0.05) is 30.4 Å². The van der Waals surface area contributed by atoms with Gasteiger partial charge in [0.15, 0.2) is 0 Å². The molecule has 0 saturated heterocycles. The van der Waals surface area contributed by atoms with Crippen molar-refractivity contribution in [3.05, 3.63) is 34.8 Å². The highest BCUT2D eigenvalue weighted by molar-refractivity contribution is 7.15. The zero-order valence-electron chi connectivity index (χ0n) is 12.3. The molecule has 2 rings (SSSR count). The molecule has 0 bridgehead atoms. The molecule has 8 nitrogen and oxygen atoms in total. The molecule has 2 aromatic rings. The number of carbonyl (C=O) groups excluding carboxylic acids is 2. The maximum atomic E-state index is 11.7. The summed E-state index contributed by atoms with van der Waals surface area (Å²) in [7, 11) is 0. The molecule has 9 heteroatoms. The second-order valence-electron chi connectivity index (χ2n) is 4.47. The van der Waals surface area contributed by atoms with Crippen LogP contribution in [0.5, 0.6) is 5.75 Å². The van der Waals surface area contributed by atoms with E-state index >= 15 is 0 Å². The van der Waals surface area contributed by atoms with Gasteiger partial charge in [0.25, 0.3) is 0 Å². The Morgan fingerprint density at radius 1 is 1.35 bits per heavy atom. The summed E-state index contributed by atoms with van der Waals surface area (Å²) < 4.78 is 0. The number of phenols is 1. The first-order chi connectivity index (χ1) is 11.1. The summed E-state index contributed by atoms with van der Waals surface area (Å²) in [6.45, 7) is 1.73. The Morgan fingerprint density at radius 3 is 2.91 bits per heavy atom. The van der Waals surface area contributed by atoms with Crippen molar-refractivity contribution in [2.24, 2.45) is 5.10 Å². The molecule has 0 spiro atoms. The molecule has 1 heterocycles. The van der Waals surface area contributed by atoms with E-state index in [1.54, 1.807) is 25.1 Å². The molecule has 120 valence electrons. The molecule has 3 N–H and O–H groups in total. The molecule has 0 radical (unpaired) electrons. The average molecular weight is 333 g/mol. The predicted octanol–water partition coefficient (Wildman–Crippen LogP) is 1.28. The number of nitrogens with one attached hydrogen (secondary N) is 2. The van der Waals surface area contributed by atoms with Gasteiger partial charge in [-0.3, -0.25) is 9.59 Å². The van der Waals surface area contributed by atoms with E-state index in [0.29, 0.717) is 22.1 Å². The Kier molecular flexibility index (Phi) is 5.75. The number of aromatic nitrogens is 2. The summed E-state index contributed by atoms with van der Waals surface area (Å²) in [6.07, 6.45) is 1.78. The minimum atomic E-state index is -0.356. The van der Waals surface area contributed by atoms with Gasteiger partial charge in [0, 0.05) is 6.42 Å². The van der Waals surface area contributed by atoms with Gasteiger partial charge in [0.2, 0.25) is 16.9 Å². The van der Waals surface area contributed by atoms with Gasteiger partial charge < -0.3 is 10.4 Å². The SMILES string of the molecule is CCC(=O)Nc1nnc(CC(=O)N/N=C\c2cccc(O)c2)s1. The Bertz CT molecular complexity index is 729. The smallest absolute Gasteiger partial charge is 0.247 e. The summed E-state index contributed by atoms with van der Waals surface area (Å²) >= 11 is 1.14. The van der Waals surface area contributed by atoms with E-state index in [9.17, 15) is 14.7 Å². The maximum Gasteiger partial charge on any atom is 0.247 e. The summed E-state index contributed by atoms with van der Waals surface area (Å²) in [5.74, 6) is -0.394. The van der Waals surface area contributed by atoms with Crippen LogP contribution in [0, 0.1) is 0 Å². The Labute approximate surface area is 136 Å². The quantitative estimate of drug-likeness (QED) is 0.544. The summed E-state index contributed by atoms with van der Waals surface area (Å²) in [5.41, 5.74) is 3.02. The van der Waals surface area contributed by atoms with E-state index in [0.717, 1.165) is 11.3 Å². The van der Waals surface area contributed by atoms with Gasteiger partial charge in [-0.2, -0.15) is 5.10 Å². The van der Waals surface area contributed by atoms with E-state index in [1.165, 1.54) is 12.3 Å². The number of phenolic OH excluding ortho intramolecular Hbond substituents is 1. The molecule has 1 aromatic carbocycles. The summed E-state index contributed by atoms with van der Waals surface area (Å²) in [4.78, 5) is 23.0. The molecule has 0 unspecified atom stereocenters. The number of benzene rings is 1. The number of aromatic hydroxyl groups is 1. The van der Waals surface area contributed by atoms with Crippen molar-refractivity contribution in [3.63, 3.8) is 0 Å². The van der Waals surface area contributed by atoms with Crippen LogP contribution in [-0.2, 0) is 16.0 Å². The minimum absolute atomic E-state index is 0.0110. The van der Waals surface area contributed by atoms with Crippen LogP contribution in [0.3, 0.4) is 0 Å². The van der Waals surface area contributed by atoms with Crippen molar-refractivity contribution in [2.45, 2.75) is 19.8 Å². The van der Waals surface area contributed by atoms with Crippen LogP contribution >= 0.6 is 11.3 Å². The van der Waals surface area contributed by atoms with Gasteiger partial charge in [-0.15, -0.1) is 10.2 Å². The Hall–Kier alpha value is -2.81. The van der Waals surface area contributed by atoms with Crippen LogP contribution in [0.2, 0.25) is 0 Å². The van der Waals surface area contributed by atoms with Crippen LogP contribution in [-0.4, -0.2) is 33.3 Å². The second kappa shape index (κ2) is 7.99. The van der Waals surface area contributed by atoms with E-state index in [4.69, 9.17) is 0 Å². The predicted molar refractivity (Wildman–Crippen MR) is 86.4 cm³/mol. The lowest BCUT2D eigenvalue weighted by Gasteiger charge is -1.97. The van der Waals surface area contributed by atoms with E-state index in [-0.39, 0.29) is 24.0 Å². The molecule has 2 amide bonds. The fraction of sp³-hybridized carbons (Fsp3) is 0.214. The van der Waals surface area contributed by atoms with E-state index in [1.807, 2.05) is 0 Å². The van der Waals surface area contributed by atoms with Gasteiger partial charge in [0.1, 0.15) is 10.8 Å². The van der Waals surface area contributed by atoms with Crippen LogP contribution < -0.4 is 10.7 Å². The average Bonchev–Trinajstić information content (AvgIpc) is 2.94. The first kappa shape index (κ1) is 16.6. The zero-order chi connectivity index (χ0) is 16.7. The number of anilines is 1. The van der Waals surface area contributed by atoms with E-state index < -0.39 is 0 Å². The number of hydrogen-bond acceptors (Lipinski definition) is 7. The Balaban J connectivity index is 1.84. The normalized spacial score (nSPS) is 10.7. The third-order valence-corrected chi connectivity index (χ3v) is 3.46. The van der Waals surface area contributed by atoms with Gasteiger partial charge in [0.05, 0.1) is 12.6 Å². The van der Waals surface area contributed by atoms with Crippen molar-refractivity contribution in [2.75, 3.05) is 5.32 Å². The van der Waals surface area contributed by atoms with Crippen molar-refractivity contribution in [1.82, 2.24) is 15.6 Å². The van der Waals surface area contributed by atoms with E-state index in [2.05, 4.69) is 26.0 Å². The van der Waals surface area contributed by atoms with Crippen LogP contribution in [0.1, 0.15) is 23.9 Å². The molecule has 0 aliphatic heterocycles. The molecule has 0 aliphatic rings. The lowest BCUT2D eigenvalue weighted by Crippen LogP contribution is -2.19. The molecule has 0 fully saturated rings. The lowest BCUT2D eigenvalue weighted by molar-refractivity contribution is -0.120. The molecule has 0 atom stereocenters. The maximum absolute atomic E-state index is 11.7. The Morgan fingerprint density at radius 2 is 2.17 bits per heavy atom.